The van der Waals surface area contributed by atoms with Gasteiger partial charge in [0.2, 0.25) is 0 Å². The number of aryl methyl sites for hydroxylation is 1. The van der Waals surface area contributed by atoms with Gasteiger partial charge in [-0.1, -0.05) is 40.5 Å². The summed E-state index contributed by atoms with van der Waals surface area (Å²) in [6.07, 6.45) is 2.52. The lowest BCUT2D eigenvalue weighted by Gasteiger charge is -2.24. The molecule has 1 N–H and O–H groups in total. The maximum atomic E-state index is 5.91. The van der Waals surface area contributed by atoms with Crippen molar-refractivity contribution in [2.75, 3.05) is 19.6 Å². The van der Waals surface area contributed by atoms with Crippen molar-refractivity contribution in [2.24, 2.45) is 5.92 Å². The van der Waals surface area contributed by atoms with Crippen molar-refractivity contribution in [1.82, 2.24) is 10.2 Å². The average Bonchev–Trinajstić information content (AvgIpc) is 2.81. The van der Waals surface area contributed by atoms with Gasteiger partial charge in [-0.2, -0.15) is 0 Å². The molecule has 0 saturated carbocycles. The van der Waals surface area contributed by atoms with Crippen LogP contribution in [-0.2, 0) is 13.1 Å². The normalized spacial score (nSPS) is 11.8. The van der Waals surface area contributed by atoms with E-state index in [4.69, 9.17) is 4.42 Å². The first-order valence-corrected chi connectivity index (χ1v) is 8.15. The first-order chi connectivity index (χ1) is 9.64. The number of rotatable bonds is 10. The quantitative estimate of drug-likeness (QED) is 0.703. The van der Waals surface area contributed by atoms with E-state index in [9.17, 15) is 0 Å². The fourth-order valence-electron chi connectivity index (χ4n) is 2.54. The van der Waals surface area contributed by atoms with Crippen LogP contribution >= 0.6 is 0 Å². The molecule has 0 amide bonds. The molecule has 0 saturated heterocycles. The molecule has 0 unspecified atom stereocenters. The highest BCUT2D eigenvalue weighted by Gasteiger charge is 2.13. The van der Waals surface area contributed by atoms with Crippen molar-refractivity contribution in [1.29, 1.82) is 0 Å². The molecule has 116 valence electrons. The molecule has 3 heteroatoms. The Bertz CT molecular complexity index is 369. The van der Waals surface area contributed by atoms with Crippen LogP contribution in [0.15, 0.2) is 10.5 Å². The summed E-state index contributed by atoms with van der Waals surface area (Å²) in [7, 11) is 0. The van der Waals surface area contributed by atoms with E-state index in [2.05, 4.69) is 50.9 Å². The van der Waals surface area contributed by atoms with Gasteiger partial charge in [0.05, 0.1) is 6.54 Å². The van der Waals surface area contributed by atoms with E-state index in [0.717, 1.165) is 43.6 Å². The maximum absolute atomic E-state index is 5.91. The second kappa shape index (κ2) is 9.19. The van der Waals surface area contributed by atoms with Crippen LogP contribution in [-0.4, -0.2) is 24.5 Å². The lowest BCUT2D eigenvalue weighted by molar-refractivity contribution is 0.210. The second-order valence-corrected chi connectivity index (χ2v) is 5.58. The van der Waals surface area contributed by atoms with Gasteiger partial charge >= 0.3 is 0 Å². The summed E-state index contributed by atoms with van der Waals surface area (Å²) in [6, 6.07) is 2.22. The number of furan rings is 1. The SMILES string of the molecule is CCNCc1cc(CN(CC)CC(CC)CC)oc1C. The van der Waals surface area contributed by atoms with E-state index >= 15 is 0 Å². The van der Waals surface area contributed by atoms with Crippen molar-refractivity contribution in [2.45, 2.75) is 60.5 Å². The molecule has 0 radical (unpaired) electrons. The van der Waals surface area contributed by atoms with Crippen molar-refractivity contribution >= 4 is 0 Å². The first-order valence-electron chi connectivity index (χ1n) is 8.15. The van der Waals surface area contributed by atoms with Gasteiger partial charge < -0.3 is 9.73 Å². The van der Waals surface area contributed by atoms with Crippen molar-refractivity contribution in [3.63, 3.8) is 0 Å². The molecule has 1 aromatic rings. The van der Waals surface area contributed by atoms with Crippen molar-refractivity contribution in [3.05, 3.63) is 23.2 Å². The third-order valence-corrected chi connectivity index (χ3v) is 4.13. The van der Waals surface area contributed by atoms with E-state index < -0.39 is 0 Å². The molecule has 20 heavy (non-hydrogen) atoms. The highest BCUT2D eigenvalue weighted by Crippen LogP contribution is 2.18. The van der Waals surface area contributed by atoms with E-state index in [1.165, 1.54) is 24.9 Å². The topological polar surface area (TPSA) is 28.4 Å². The molecule has 3 nitrogen and oxygen atoms in total. The van der Waals surface area contributed by atoms with Crippen LogP contribution in [0.5, 0.6) is 0 Å². The summed E-state index contributed by atoms with van der Waals surface area (Å²) in [5.74, 6) is 2.95. The zero-order chi connectivity index (χ0) is 15.0. The standard InChI is InChI=1S/C17H32N2O/c1-6-15(7-2)12-19(9-4)13-17-10-16(11-18-8-3)14(5)20-17/h10,15,18H,6-9,11-13H2,1-5H3. The number of hydrogen-bond acceptors (Lipinski definition) is 3. The third kappa shape index (κ3) is 5.29. The fourth-order valence-corrected chi connectivity index (χ4v) is 2.54. The molecular weight excluding hydrogens is 248 g/mol. The van der Waals surface area contributed by atoms with Crippen LogP contribution in [0.3, 0.4) is 0 Å². The highest BCUT2D eigenvalue weighted by molar-refractivity contribution is 5.20. The van der Waals surface area contributed by atoms with Crippen molar-refractivity contribution < 1.29 is 4.42 Å². The predicted molar refractivity (Wildman–Crippen MR) is 85.8 cm³/mol. The Morgan fingerprint density at radius 3 is 2.45 bits per heavy atom. The zero-order valence-corrected chi connectivity index (χ0v) is 14.0. The summed E-state index contributed by atoms with van der Waals surface area (Å²) in [4.78, 5) is 2.49. The van der Waals surface area contributed by atoms with E-state index in [0.29, 0.717) is 0 Å². The highest BCUT2D eigenvalue weighted by atomic mass is 16.3. The Balaban J connectivity index is 2.60. The minimum atomic E-state index is 0.798. The molecular formula is C17H32N2O. The Hall–Kier alpha value is -0.800. The molecule has 1 heterocycles. The summed E-state index contributed by atoms with van der Waals surface area (Å²) >= 11 is 0. The van der Waals surface area contributed by atoms with Gasteiger partial charge in [-0.15, -0.1) is 0 Å². The molecule has 1 aromatic heterocycles. The monoisotopic (exact) mass is 280 g/mol. The average molecular weight is 280 g/mol. The van der Waals surface area contributed by atoms with Crippen LogP contribution in [0, 0.1) is 12.8 Å². The van der Waals surface area contributed by atoms with Crippen LogP contribution < -0.4 is 5.32 Å². The fraction of sp³-hybridized carbons (Fsp3) is 0.765. The summed E-state index contributed by atoms with van der Waals surface area (Å²) in [5, 5.41) is 3.36. The van der Waals surface area contributed by atoms with E-state index in [-0.39, 0.29) is 0 Å². The van der Waals surface area contributed by atoms with Gasteiger partial charge in [0.1, 0.15) is 11.5 Å². The van der Waals surface area contributed by atoms with Gasteiger partial charge in [0.15, 0.2) is 0 Å². The van der Waals surface area contributed by atoms with Crippen LogP contribution in [0.4, 0.5) is 0 Å². The minimum absolute atomic E-state index is 0.798. The molecule has 0 atom stereocenters. The predicted octanol–water partition coefficient (Wildman–Crippen LogP) is 3.96. The van der Waals surface area contributed by atoms with Gasteiger partial charge in [-0.3, -0.25) is 4.90 Å². The Labute approximate surface area is 124 Å². The zero-order valence-electron chi connectivity index (χ0n) is 14.0. The van der Waals surface area contributed by atoms with Crippen LogP contribution in [0.25, 0.3) is 0 Å². The van der Waals surface area contributed by atoms with Gasteiger partial charge in [0, 0.05) is 18.7 Å². The number of nitrogens with zero attached hydrogens (tertiary/aromatic N) is 1. The van der Waals surface area contributed by atoms with Crippen LogP contribution in [0.1, 0.15) is 57.6 Å². The van der Waals surface area contributed by atoms with Gasteiger partial charge in [0.25, 0.3) is 0 Å². The molecule has 0 spiro atoms. The summed E-state index contributed by atoms with van der Waals surface area (Å²) in [6.45, 7) is 16.1. The van der Waals surface area contributed by atoms with Crippen molar-refractivity contribution in [3.8, 4) is 0 Å². The van der Waals surface area contributed by atoms with Gasteiger partial charge in [-0.25, -0.2) is 0 Å². The molecule has 0 aliphatic rings. The third-order valence-electron chi connectivity index (χ3n) is 4.13. The number of nitrogens with one attached hydrogen (secondary N) is 1. The smallest absolute Gasteiger partial charge is 0.118 e. The lowest BCUT2D eigenvalue weighted by atomic mass is 10.0. The molecule has 0 aliphatic heterocycles. The minimum Gasteiger partial charge on any atom is -0.465 e. The second-order valence-electron chi connectivity index (χ2n) is 5.58. The van der Waals surface area contributed by atoms with E-state index in [1.54, 1.807) is 0 Å². The molecule has 0 aromatic carbocycles. The molecule has 0 aliphatic carbocycles. The van der Waals surface area contributed by atoms with Crippen LogP contribution in [0.2, 0.25) is 0 Å². The molecule has 0 bridgehead atoms. The molecule has 1 rings (SSSR count). The summed E-state index contributed by atoms with van der Waals surface area (Å²) in [5.41, 5.74) is 1.29. The Morgan fingerprint density at radius 2 is 1.90 bits per heavy atom. The first kappa shape index (κ1) is 17.3. The molecule has 0 fully saturated rings. The summed E-state index contributed by atoms with van der Waals surface area (Å²) < 4.78 is 5.91. The van der Waals surface area contributed by atoms with Gasteiger partial charge in [-0.05, 0) is 32.0 Å². The van der Waals surface area contributed by atoms with E-state index in [1.807, 2.05) is 0 Å². The maximum Gasteiger partial charge on any atom is 0.118 e. The largest absolute Gasteiger partial charge is 0.465 e. The Morgan fingerprint density at radius 1 is 1.20 bits per heavy atom. The lowest BCUT2D eigenvalue weighted by Crippen LogP contribution is -2.28. The Kier molecular flexibility index (Phi) is 7.93. The number of hydrogen-bond donors (Lipinski definition) is 1.